The molecule has 0 unspecified atom stereocenters. The lowest BCUT2D eigenvalue weighted by Gasteiger charge is -2.35. The number of hydrogen-bond donors (Lipinski definition) is 0. The van der Waals surface area contributed by atoms with Crippen LogP contribution in [0.4, 0.5) is 0 Å². The lowest BCUT2D eigenvalue weighted by Crippen LogP contribution is -2.42. The highest BCUT2D eigenvalue weighted by Crippen LogP contribution is 2.17. The number of nitrogens with zero attached hydrogens (tertiary/aromatic N) is 1. The Morgan fingerprint density at radius 2 is 1.56 bits per heavy atom. The molecule has 0 aliphatic rings. The van der Waals surface area contributed by atoms with Gasteiger partial charge in [-0.3, -0.25) is 0 Å². The third kappa shape index (κ3) is 5.83. The van der Waals surface area contributed by atoms with Gasteiger partial charge in [-0.05, 0) is 41.2 Å². The van der Waals surface area contributed by atoms with Crippen molar-refractivity contribution < 1.29 is 9.47 Å². The zero-order chi connectivity index (χ0) is 12.6. The summed E-state index contributed by atoms with van der Waals surface area (Å²) in [4.78, 5) is 2.37. The molecule has 0 aliphatic heterocycles. The Hall–Kier alpha value is -0.120. The van der Waals surface area contributed by atoms with Gasteiger partial charge in [-0.2, -0.15) is 0 Å². The molecule has 0 aliphatic carbocycles. The molecule has 3 nitrogen and oxygen atoms in total. The van der Waals surface area contributed by atoms with E-state index in [2.05, 4.69) is 32.7 Å². The van der Waals surface area contributed by atoms with Crippen molar-refractivity contribution in [3.63, 3.8) is 0 Å². The molecular weight excluding hydrogens is 202 g/mol. The van der Waals surface area contributed by atoms with Gasteiger partial charge >= 0.3 is 0 Å². The Balaban J connectivity index is 3.99. The Labute approximate surface area is 101 Å². The standard InChI is InChI=1S/C13H29NO2/c1-7-13(4,5)14(6)11-10-12(15-8-2)16-9-3/h12H,7-11H2,1-6H3. The third-order valence-corrected chi connectivity index (χ3v) is 3.30. The number of ether oxygens (including phenoxy) is 2. The SMILES string of the molecule is CCOC(CCN(C)C(C)(C)CC)OCC. The van der Waals surface area contributed by atoms with Crippen molar-refractivity contribution in [2.45, 2.75) is 59.3 Å². The fourth-order valence-corrected chi connectivity index (χ4v) is 1.46. The van der Waals surface area contributed by atoms with Gasteiger partial charge in [0.15, 0.2) is 6.29 Å². The Bertz CT molecular complexity index is 165. The molecule has 0 amide bonds. The fraction of sp³-hybridized carbons (Fsp3) is 1.00. The summed E-state index contributed by atoms with van der Waals surface area (Å²) >= 11 is 0. The van der Waals surface area contributed by atoms with Crippen molar-refractivity contribution in [2.24, 2.45) is 0 Å². The highest BCUT2D eigenvalue weighted by molar-refractivity contribution is 4.77. The summed E-state index contributed by atoms with van der Waals surface area (Å²) in [5, 5.41) is 0. The molecule has 0 N–H and O–H groups in total. The molecule has 98 valence electrons. The maximum atomic E-state index is 5.53. The molecule has 0 heterocycles. The molecule has 16 heavy (non-hydrogen) atoms. The highest BCUT2D eigenvalue weighted by atomic mass is 16.7. The van der Waals surface area contributed by atoms with Gasteiger partial charge in [-0.15, -0.1) is 0 Å². The average molecular weight is 231 g/mol. The van der Waals surface area contributed by atoms with Gasteiger partial charge in [0, 0.05) is 31.7 Å². The smallest absolute Gasteiger partial charge is 0.158 e. The van der Waals surface area contributed by atoms with Crippen LogP contribution in [0.2, 0.25) is 0 Å². The van der Waals surface area contributed by atoms with Crippen molar-refractivity contribution in [3.05, 3.63) is 0 Å². The predicted molar refractivity (Wildman–Crippen MR) is 68.7 cm³/mol. The van der Waals surface area contributed by atoms with E-state index in [-0.39, 0.29) is 11.8 Å². The Morgan fingerprint density at radius 3 is 1.94 bits per heavy atom. The molecule has 0 aromatic rings. The van der Waals surface area contributed by atoms with Crippen molar-refractivity contribution >= 4 is 0 Å². The van der Waals surface area contributed by atoms with E-state index in [9.17, 15) is 0 Å². The first-order chi connectivity index (χ1) is 7.47. The first-order valence-electron chi connectivity index (χ1n) is 6.42. The minimum absolute atomic E-state index is 0.0508. The minimum Gasteiger partial charge on any atom is -0.353 e. The molecular formula is C13H29NO2. The summed E-state index contributed by atoms with van der Waals surface area (Å²) in [6.45, 7) is 13.2. The van der Waals surface area contributed by atoms with E-state index in [1.54, 1.807) is 0 Å². The summed E-state index contributed by atoms with van der Waals surface area (Å²) in [6, 6.07) is 0. The van der Waals surface area contributed by atoms with Crippen LogP contribution >= 0.6 is 0 Å². The second-order valence-corrected chi connectivity index (χ2v) is 4.72. The maximum absolute atomic E-state index is 5.53. The van der Waals surface area contributed by atoms with Crippen LogP contribution in [-0.4, -0.2) is 43.5 Å². The first-order valence-corrected chi connectivity index (χ1v) is 6.42. The van der Waals surface area contributed by atoms with Crippen LogP contribution in [0.3, 0.4) is 0 Å². The number of hydrogen-bond acceptors (Lipinski definition) is 3. The lowest BCUT2D eigenvalue weighted by atomic mass is 10.00. The molecule has 0 rings (SSSR count). The van der Waals surface area contributed by atoms with E-state index >= 15 is 0 Å². The van der Waals surface area contributed by atoms with Gasteiger partial charge in [-0.25, -0.2) is 0 Å². The van der Waals surface area contributed by atoms with Crippen LogP contribution in [0.5, 0.6) is 0 Å². The zero-order valence-electron chi connectivity index (χ0n) is 11.9. The highest BCUT2D eigenvalue weighted by Gasteiger charge is 2.21. The molecule has 0 aromatic heterocycles. The fourth-order valence-electron chi connectivity index (χ4n) is 1.46. The second-order valence-electron chi connectivity index (χ2n) is 4.72. The first kappa shape index (κ1) is 15.9. The average Bonchev–Trinajstić information content (AvgIpc) is 2.26. The molecule has 0 saturated heterocycles. The zero-order valence-corrected chi connectivity index (χ0v) is 11.9. The molecule has 3 heteroatoms. The Morgan fingerprint density at radius 1 is 1.06 bits per heavy atom. The van der Waals surface area contributed by atoms with Crippen LogP contribution in [0.15, 0.2) is 0 Å². The summed E-state index contributed by atoms with van der Waals surface area (Å²) in [6.07, 6.45) is 2.03. The van der Waals surface area contributed by atoms with Crippen molar-refractivity contribution in [3.8, 4) is 0 Å². The van der Waals surface area contributed by atoms with Gasteiger partial charge in [0.25, 0.3) is 0 Å². The van der Waals surface area contributed by atoms with Crippen LogP contribution in [0, 0.1) is 0 Å². The van der Waals surface area contributed by atoms with E-state index in [1.165, 1.54) is 0 Å². The molecule has 0 bridgehead atoms. The van der Waals surface area contributed by atoms with Gasteiger partial charge in [-0.1, -0.05) is 6.92 Å². The van der Waals surface area contributed by atoms with Gasteiger partial charge in [0.1, 0.15) is 0 Å². The van der Waals surface area contributed by atoms with E-state index in [0.29, 0.717) is 13.2 Å². The molecule has 0 saturated carbocycles. The minimum atomic E-state index is -0.0508. The molecule has 0 atom stereocenters. The van der Waals surface area contributed by atoms with Gasteiger partial charge < -0.3 is 14.4 Å². The molecule has 0 spiro atoms. The van der Waals surface area contributed by atoms with Crippen LogP contribution in [-0.2, 0) is 9.47 Å². The van der Waals surface area contributed by atoms with Crippen molar-refractivity contribution in [1.29, 1.82) is 0 Å². The van der Waals surface area contributed by atoms with Crippen molar-refractivity contribution in [1.82, 2.24) is 4.90 Å². The number of rotatable bonds is 9. The van der Waals surface area contributed by atoms with Crippen LogP contribution in [0.1, 0.15) is 47.5 Å². The maximum Gasteiger partial charge on any atom is 0.158 e. The van der Waals surface area contributed by atoms with Gasteiger partial charge in [0.2, 0.25) is 0 Å². The molecule has 0 fully saturated rings. The van der Waals surface area contributed by atoms with E-state index in [4.69, 9.17) is 9.47 Å². The normalized spacial score (nSPS) is 12.8. The van der Waals surface area contributed by atoms with Gasteiger partial charge in [0.05, 0.1) is 0 Å². The Kier molecular flexibility index (Phi) is 7.98. The van der Waals surface area contributed by atoms with E-state index in [1.807, 2.05) is 13.8 Å². The topological polar surface area (TPSA) is 21.7 Å². The monoisotopic (exact) mass is 231 g/mol. The van der Waals surface area contributed by atoms with E-state index < -0.39 is 0 Å². The molecule has 0 aromatic carbocycles. The summed E-state index contributed by atoms with van der Waals surface area (Å²) in [5.41, 5.74) is 0.253. The van der Waals surface area contributed by atoms with Crippen molar-refractivity contribution in [2.75, 3.05) is 26.8 Å². The summed E-state index contributed by atoms with van der Waals surface area (Å²) in [5.74, 6) is 0. The largest absolute Gasteiger partial charge is 0.353 e. The van der Waals surface area contributed by atoms with Crippen LogP contribution in [0.25, 0.3) is 0 Å². The van der Waals surface area contributed by atoms with E-state index in [0.717, 1.165) is 19.4 Å². The molecule has 0 radical (unpaired) electrons. The van der Waals surface area contributed by atoms with Crippen LogP contribution < -0.4 is 0 Å². The second kappa shape index (κ2) is 8.04. The lowest BCUT2D eigenvalue weighted by molar-refractivity contribution is -0.142. The third-order valence-electron chi connectivity index (χ3n) is 3.30. The quantitative estimate of drug-likeness (QED) is 0.570. The summed E-state index contributed by atoms with van der Waals surface area (Å²) < 4.78 is 11.1. The summed E-state index contributed by atoms with van der Waals surface area (Å²) in [7, 11) is 2.17. The predicted octanol–water partition coefficient (Wildman–Crippen LogP) is 2.90.